The first kappa shape index (κ1) is 53.1. The van der Waals surface area contributed by atoms with Crippen LogP contribution >= 0.6 is 8.53 Å². The van der Waals surface area contributed by atoms with Crippen molar-refractivity contribution in [3.05, 3.63) is 152 Å². The summed E-state index contributed by atoms with van der Waals surface area (Å²) in [6.07, 6.45) is -3.78. The first-order valence-corrected chi connectivity index (χ1v) is 24.4. The van der Waals surface area contributed by atoms with E-state index < -0.39 is 68.0 Å². The minimum Gasteiger partial charge on any atom is -0.497 e. The van der Waals surface area contributed by atoms with Crippen molar-refractivity contribution < 1.29 is 47.2 Å². The quantitative estimate of drug-likeness (QED) is 0.0144. The summed E-state index contributed by atoms with van der Waals surface area (Å²) in [5.41, 5.74) is 0.526. The number of ether oxygens (including phenoxy) is 6. The van der Waals surface area contributed by atoms with Crippen molar-refractivity contribution in [3.63, 3.8) is 0 Å². The predicted octanol–water partition coefficient (Wildman–Crippen LogP) is 8.69. The zero-order valence-corrected chi connectivity index (χ0v) is 42.2. The van der Waals surface area contributed by atoms with Gasteiger partial charge >= 0.3 is 0 Å². The molecule has 2 aromatic heterocycles. The SMILES string of the molecule is COc1ccc(C(OC[C@H]2O[C@@H](n3cnc4c(=O)[nH]c(NC(C)=O)nc43)[C@H](OCO[C@H](C)c3ccccc3[N+](=O)[O-])[C@@H]2OP(OCCC#N)N(C(C)C)C(C)C)(c2ccccc2)c2ccc(OC)cc2)cc1. The monoisotopic (exact) mass is 1010 g/mol. The van der Waals surface area contributed by atoms with Gasteiger partial charge in [-0.25, -0.2) is 9.65 Å². The number of nitro benzene ring substituents is 1. The molecule has 4 aromatic carbocycles. The zero-order chi connectivity index (χ0) is 51.5. The Bertz CT molecular complexity index is 2800. The Labute approximate surface area is 418 Å². The number of amides is 1. The number of fused-ring (bicyclic) bond motifs is 1. The second kappa shape index (κ2) is 24.2. The number of rotatable bonds is 24. The second-order valence-corrected chi connectivity index (χ2v) is 18.7. The van der Waals surface area contributed by atoms with Crippen molar-refractivity contribution in [1.29, 1.82) is 5.26 Å². The van der Waals surface area contributed by atoms with E-state index in [1.54, 1.807) is 39.3 Å². The van der Waals surface area contributed by atoms with Crippen LogP contribution in [0.25, 0.3) is 11.2 Å². The van der Waals surface area contributed by atoms with Gasteiger partial charge in [-0.3, -0.25) is 34.6 Å². The van der Waals surface area contributed by atoms with Crippen LogP contribution in [-0.4, -0.2) is 99.6 Å². The van der Waals surface area contributed by atoms with E-state index in [1.165, 1.54) is 23.9 Å². The molecule has 1 fully saturated rings. The molecule has 6 aromatic rings. The highest BCUT2D eigenvalue weighted by Gasteiger charge is 2.52. The molecule has 7 rings (SSSR count). The fourth-order valence-electron chi connectivity index (χ4n) is 8.70. The Morgan fingerprint density at radius 3 is 2.12 bits per heavy atom. The number of methoxy groups -OCH3 is 2. The maximum atomic E-state index is 13.5. The average Bonchev–Trinajstić information content (AvgIpc) is 3.95. The van der Waals surface area contributed by atoms with Gasteiger partial charge in [-0.1, -0.05) is 66.7 Å². The predicted molar refractivity (Wildman–Crippen MR) is 267 cm³/mol. The van der Waals surface area contributed by atoms with Crippen LogP contribution in [0.5, 0.6) is 11.5 Å². The Balaban J connectivity index is 1.40. The van der Waals surface area contributed by atoms with Gasteiger partial charge in [0.1, 0.15) is 42.2 Å². The number of nitrogens with one attached hydrogen (secondary N) is 2. The number of nitro groups is 1. The number of anilines is 1. The van der Waals surface area contributed by atoms with Crippen molar-refractivity contribution in [3.8, 4) is 17.6 Å². The summed E-state index contributed by atoms with van der Waals surface area (Å²) >= 11 is 0. The lowest BCUT2D eigenvalue weighted by Gasteiger charge is -2.39. The number of carbonyl (C=O) groups excluding carboxylic acids is 1. The Kier molecular flexibility index (Phi) is 17.8. The van der Waals surface area contributed by atoms with Crippen LogP contribution in [0.4, 0.5) is 11.6 Å². The first-order chi connectivity index (χ1) is 34.7. The molecule has 0 bridgehead atoms. The molecule has 0 aliphatic carbocycles. The van der Waals surface area contributed by atoms with Crippen LogP contribution in [0.1, 0.15) is 82.5 Å². The Morgan fingerprint density at radius 1 is 0.931 bits per heavy atom. The number of benzene rings is 4. The van der Waals surface area contributed by atoms with Crippen molar-refractivity contribution in [1.82, 2.24) is 24.2 Å². The molecule has 1 unspecified atom stereocenters. The van der Waals surface area contributed by atoms with Crippen molar-refractivity contribution in [2.75, 3.05) is 39.5 Å². The molecule has 6 atom stereocenters. The maximum absolute atomic E-state index is 13.5. The highest BCUT2D eigenvalue weighted by Crippen LogP contribution is 2.52. The van der Waals surface area contributed by atoms with E-state index in [4.69, 9.17) is 37.5 Å². The van der Waals surface area contributed by atoms with E-state index in [-0.39, 0.29) is 54.5 Å². The average molecular weight is 1010 g/mol. The number of imidazole rings is 1. The summed E-state index contributed by atoms with van der Waals surface area (Å²) < 4.78 is 55.9. The Morgan fingerprint density at radius 2 is 1.54 bits per heavy atom. The van der Waals surface area contributed by atoms with Gasteiger partial charge in [0.15, 0.2) is 17.4 Å². The summed E-state index contributed by atoms with van der Waals surface area (Å²) in [5, 5.41) is 24.2. The second-order valence-electron chi connectivity index (χ2n) is 17.3. The normalized spacial score (nSPS) is 17.8. The summed E-state index contributed by atoms with van der Waals surface area (Å²) in [6.45, 7) is 10.5. The molecular weight excluding hydrogens is 948 g/mol. The third kappa shape index (κ3) is 11.8. The molecule has 20 nitrogen and oxygen atoms in total. The molecular formula is C51H59N8O12P. The molecule has 380 valence electrons. The molecule has 2 N–H and O–H groups in total. The number of nitrogens with zero attached hydrogens (tertiary/aromatic N) is 6. The first-order valence-electron chi connectivity index (χ1n) is 23.3. The van der Waals surface area contributed by atoms with E-state index in [9.17, 15) is 25.0 Å². The van der Waals surface area contributed by atoms with Gasteiger partial charge in [0, 0.05) is 25.1 Å². The largest absolute Gasteiger partial charge is 0.497 e. The number of carbonyl (C=O) groups is 1. The fraction of sp³-hybridized carbons (Fsp3) is 0.392. The molecule has 3 heterocycles. The summed E-state index contributed by atoms with van der Waals surface area (Å²) in [6, 6.07) is 33.1. The summed E-state index contributed by atoms with van der Waals surface area (Å²) in [4.78, 5) is 48.8. The van der Waals surface area contributed by atoms with Gasteiger partial charge in [0.05, 0.1) is 62.8 Å². The molecule has 1 aliphatic rings. The zero-order valence-electron chi connectivity index (χ0n) is 41.3. The lowest BCUT2D eigenvalue weighted by atomic mass is 9.80. The van der Waals surface area contributed by atoms with Crippen LogP contribution in [0.2, 0.25) is 0 Å². The number of aromatic nitrogens is 4. The van der Waals surface area contributed by atoms with E-state index in [0.29, 0.717) is 17.1 Å². The van der Waals surface area contributed by atoms with Crippen molar-refractivity contribution in [2.45, 2.75) is 96.3 Å². The van der Waals surface area contributed by atoms with E-state index in [1.807, 2.05) is 107 Å². The topological polar surface area (TPSA) is 237 Å². The third-order valence-corrected chi connectivity index (χ3v) is 14.1. The number of hydrogen-bond donors (Lipinski definition) is 2. The van der Waals surface area contributed by atoms with E-state index >= 15 is 0 Å². The lowest BCUT2D eigenvalue weighted by Crippen LogP contribution is -2.43. The highest BCUT2D eigenvalue weighted by molar-refractivity contribution is 7.44. The maximum Gasteiger partial charge on any atom is 0.280 e. The number of hydrogen-bond acceptors (Lipinski definition) is 16. The summed E-state index contributed by atoms with van der Waals surface area (Å²) in [7, 11) is 1.20. The van der Waals surface area contributed by atoms with Crippen LogP contribution in [0, 0.1) is 21.4 Å². The summed E-state index contributed by atoms with van der Waals surface area (Å²) in [5.74, 6) is 0.667. The van der Waals surface area contributed by atoms with Crippen LogP contribution in [0.15, 0.2) is 114 Å². The number of H-pyrrole nitrogens is 1. The number of aromatic amines is 1. The van der Waals surface area contributed by atoms with Gasteiger partial charge in [0.25, 0.3) is 19.8 Å². The third-order valence-electron chi connectivity index (χ3n) is 11.9. The van der Waals surface area contributed by atoms with E-state index in [0.717, 1.165) is 16.7 Å². The van der Waals surface area contributed by atoms with Gasteiger partial charge in [-0.15, -0.1) is 0 Å². The molecule has 0 spiro atoms. The molecule has 0 saturated carbocycles. The molecule has 21 heteroatoms. The van der Waals surface area contributed by atoms with Crippen molar-refractivity contribution >= 4 is 37.2 Å². The van der Waals surface area contributed by atoms with Gasteiger partial charge < -0.3 is 37.5 Å². The highest BCUT2D eigenvalue weighted by atomic mass is 31.2. The number of para-hydroxylation sites is 1. The van der Waals surface area contributed by atoms with Gasteiger partial charge in [-0.2, -0.15) is 10.2 Å². The molecule has 1 aliphatic heterocycles. The molecule has 72 heavy (non-hydrogen) atoms. The number of nitriles is 1. The smallest absolute Gasteiger partial charge is 0.280 e. The minimum absolute atomic E-state index is 0.0456. The Hall–Kier alpha value is -6.66. The lowest BCUT2D eigenvalue weighted by molar-refractivity contribution is -0.386. The van der Waals surface area contributed by atoms with Crippen LogP contribution in [0.3, 0.4) is 0 Å². The molecule has 0 radical (unpaired) electrons. The fourth-order valence-corrected chi connectivity index (χ4v) is 10.5. The van der Waals surface area contributed by atoms with Crippen LogP contribution in [-0.2, 0) is 38.4 Å². The standard InChI is InChI=1S/C51H59N8O12P/c1-32(2)58(33(3)4)72(69-28-14-27-52)71-45-43(29-68-51(36-15-10-9-11-16-36,37-19-23-39(64-7)24-20-37)38-21-25-40(65-8)26-22-38)70-49(57-30-53-44-47(57)55-50(54-35(6)60)56-48(44)61)46(45)67-31-66-34(5)41-17-12-13-18-42(41)59(62)63/h9-13,15-26,30,32-34,43,45-46,49H,14,28-29,31H2,1-8H3,(H2,54,55,56,60,61)/t34-,43-,45-,46-,49-,72?/m1/s1. The molecule has 1 saturated heterocycles. The van der Waals surface area contributed by atoms with Gasteiger partial charge in [0.2, 0.25) is 11.9 Å². The minimum atomic E-state index is -1.99. The van der Waals surface area contributed by atoms with Gasteiger partial charge in [-0.05, 0) is 81.6 Å². The van der Waals surface area contributed by atoms with Crippen LogP contribution < -0.4 is 20.3 Å². The van der Waals surface area contributed by atoms with Crippen molar-refractivity contribution in [2.24, 2.45) is 0 Å². The van der Waals surface area contributed by atoms with E-state index in [2.05, 4.69) is 31.0 Å². The molecule has 1 amide bonds.